The third kappa shape index (κ3) is 1.80. The molecular formula is C12H14N4O3S. The Bertz CT molecular complexity index is 734. The van der Waals surface area contributed by atoms with Gasteiger partial charge in [-0.1, -0.05) is 12.1 Å². The van der Waals surface area contributed by atoms with Crippen molar-refractivity contribution >= 4 is 21.5 Å². The molecule has 20 heavy (non-hydrogen) atoms. The molecule has 8 heteroatoms. The second-order valence-electron chi connectivity index (χ2n) is 4.44. The number of ether oxygens (including phenoxy) is 1. The van der Waals surface area contributed by atoms with Crippen LogP contribution < -0.4 is 14.8 Å². The van der Waals surface area contributed by atoms with Crippen LogP contribution in [0.25, 0.3) is 0 Å². The number of nitrogens with zero attached hydrogens (tertiary/aromatic N) is 3. The molecule has 0 saturated heterocycles. The zero-order chi connectivity index (χ0) is 14.3. The first-order valence-corrected chi connectivity index (χ1v) is 7.47. The Balaban J connectivity index is 2.15. The van der Waals surface area contributed by atoms with Crippen LogP contribution in [0.1, 0.15) is 0 Å². The van der Waals surface area contributed by atoms with Gasteiger partial charge in [-0.2, -0.15) is 8.42 Å². The fraction of sp³-hybridized carbons (Fsp3) is 0.250. The Morgan fingerprint density at radius 1 is 1.35 bits per heavy atom. The number of imidazole rings is 1. The van der Waals surface area contributed by atoms with E-state index in [0.29, 0.717) is 18.0 Å². The Hall–Kier alpha value is -2.22. The van der Waals surface area contributed by atoms with Gasteiger partial charge >= 0.3 is 0 Å². The first-order chi connectivity index (χ1) is 9.51. The minimum Gasteiger partial charge on any atom is -0.489 e. The number of aryl methyl sites for hydroxylation is 1. The number of benzene rings is 1. The molecule has 0 aliphatic carbocycles. The maximum absolute atomic E-state index is 12.8. The van der Waals surface area contributed by atoms with Crippen LogP contribution in [-0.2, 0) is 17.1 Å². The summed E-state index contributed by atoms with van der Waals surface area (Å²) in [7, 11) is -2.16. The minimum absolute atomic E-state index is 0.00327. The van der Waals surface area contributed by atoms with Gasteiger partial charge in [0.1, 0.15) is 12.4 Å². The fourth-order valence-electron chi connectivity index (χ4n) is 2.25. The largest absolute Gasteiger partial charge is 0.489 e. The van der Waals surface area contributed by atoms with Gasteiger partial charge in [0.15, 0.2) is 10.8 Å². The van der Waals surface area contributed by atoms with Crippen molar-refractivity contribution in [2.75, 3.05) is 23.2 Å². The van der Waals surface area contributed by atoms with Gasteiger partial charge in [-0.3, -0.25) is 4.31 Å². The average molecular weight is 294 g/mol. The molecule has 106 valence electrons. The van der Waals surface area contributed by atoms with Crippen LogP contribution in [0.2, 0.25) is 0 Å². The lowest BCUT2D eigenvalue weighted by Crippen LogP contribution is -2.38. The highest BCUT2D eigenvalue weighted by atomic mass is 32.2. The van der Waals surface area contributed by atoms with Crippen molar-refractivity contribution in [1.82, 2.24) is 9.55 Å². The number of nitrogen functional groups attached to an aromatic ring is 1. The summed E-state index contributed by atoms with van der Waals surface area (Å²) in [6.07, 6.45) is 1.38. The Labute approximate surface area is 116 Å². The van der Waals surface area contributed by atoms with Crippen LogP contribution in [0, 0.1) is 0 Å². The van der Waals surface area contributed by atoms with E-state index in [0.717, 1.165) is 0 Å². The summed E-state index contributed by atoms with van der Waals surface area (Å²) in [5.41, 5.74) is 6.20. The van der Waals surface area contributed by atoms with E-state index in [-0.39, 0.29) is 17.4 Å². The smallest absolute Gasteiger partial charge is 0.284 e. The monoisotopic (exact) mass is 294 g/mol. The molecule has 0 fully saturated rings. The molecule has 1 aromatic heterocycles. The van der Waals surface area contributed by atoms with Gasteiger partial charge in [0.25, 0.3) is 10.0 Å². The number of aromatic nitrogens is 2. The van der Waals surface area contributed by atoms with Crippen LogP contribution >= 0.6 is 0 Å². The lowest BCUT2D eigenvalue weighted by molar-refractivity contribution is 0.315. The molecule has 1 aliphatic rings. The first-order valence-electron chi connectivity index (χ1n) is 6.03. The number of para-hydroxylation sites is 2. The average Bonchev–Trinajstić information content (AvgIpc) is 2.78. The van der Waals surface area contributed by atoms with Crippen molar-refractivity contribution in [1.29, 1.82) is 0 Å². The molecule has 3 rings (SSSR count). The van der Waals surface area contributed by atoms with E-state index in [9.17, 15) is 8.42 Å². The molecule has 0 radical (unpaired) electrons. The molecule has 2 heterocycles. The SMILES string of the molecule is Cn1cnc(N)c1S(=O)(=O)N1CCOc2ccccc21. The highest BCUT2D eigenvalue weighted by molar-refractivity contribution is 7.92. The van der Waals surface area contributed by atoms with Crippen LogP contribution in [-0.4, -0.2) is 31.1 Å². The fourth-order valence-corrected chi connectivity index (χ4v) is 3.91. The summed E-state index contributed by atoms with van der Waals surface area (Å²) in [5.74, 6) is 0.541. The van der Waals surface area contributed by atoms with Crippen LogP contribution in [0.15, 0.2) is 35.6 Å². The number of hydrogen-bond acceptors (Lipinski definition) is 5. The zero-order valence-corrected chi connectivity index (χ0v) is 11.7. The summed E-state index contributed by atoms with van der Waals surface area (Å²) in [6.45, 7) is 0.540. The number of rotatable bonds is 2. The number of fused-ring (bicyclic) bond motifs is 1. The van der Waals surface area contributed by atoms with E-state index < -0.39 is 10.0 Å². The van der Waals surface area contributed by atoms with Crippen molar-refractivity contribution in [3.05, 3.63) is 30.6 Å². The number of nitrogens with two attached hydrogens (primary N) is 1. The molecule has 1 aliphatic heterocycles. The van der Waals surface area contributed by atoms with Crippen molar-refractivity contribution in [2.45, 2.75) is 5.03 Å². The molecule has 0 atom stereocenters. The summed E-state index contributed by atoms with van der Waals surface area (Å²) in [4.78, 5) is 3.84. The van der Waals surface area contributed by atoms with E-state index in [1.807, 2.05) is 0 Å². The molecule has 0 bridgehead atoms. The van der Waals surface area contributed by atoms with Crippen molar-refractivity contribution < 1.29 is 13.2 Å². The topological polar surface area (TPSA) is 90.5 Å². The molecule has 7 nitrogen and oxygen atoms in total. The van der Waals surface area contributed by atoms with Gasteiger partial charge in [-0.25, -0.2) is 4.98 Å². The summed E-state index contributed by atoms with van der Waals surface area (Å²) >= 11 is 0. The molecule has 0 amide bonds. The lowest BCUT2D eigenvalue weighted by atomic mass is 10.2. The van der Waals surface area contributed by atoms with Gasteiger partial charge in [-0.05, 0) is 12.1 Å². The predicted molar refractivity (Wildman–Crippen MR) is 74.1 cm³/mol. The zero-order valence-electron chi connectivity index (χ0n) is 10.9. The van der Waals surface area contributed by atoms with Gasteiger partial charge in [-0.15, -0.1) is 0 Å². The summed E-state index contributed by atoms with van der Waals surface area (Å²) < 4.78 is 33.7. The second-order valence-corrected chi connectivity index (χ2v) is 6.22. The van der Waals surface area contributed by atoms with E-state index >= 15 is 0 Å². The van der Waals surface area contributed by atoms with E-state index in [2.05, 4.69) is 4.98 Å². The molecule has 0 spiro atoms. The van der Waals surface area contributed by atoms with Crippen LogP contribution in [0.4, 0.5) is 11.5 Å². The second kappa shape index (κ2) is 4.41. The highest BCUT2D eigenvalue weighted by Gasteiger charge is 2.33. The maximum Gasteiger partial charge on any atom is 0.284 e. The van der Waals surface area contributed by atoms with E-state index in [4.69, 9.17) is 10.5 Å². The van der Waals surface area contributed by atoms with Crippen LogP contribution in [0.3, 0.4) is 0 Å². The lowest BCUT2D eigenvalue weighted by Gasteiger charge is -2.30. The summed E-state index contributed by atoms with van der Waals surface area (Å²) in [5, 5.41) is -0.00537. The van der Waals surface area contributed by atoms with Gasteiger partial charge in [0, 0.05) is 7.05 Å². The van der Waals surface area contributed by atoms with Crippen LogP contribution in [0.5, 0.6) is 5.75 Å². The van der Waals surface area contributed by atoms with Crippen molar-refractivity contribution in [3.63, 3.8) is 0 Å². The number of sulfonamides is 1. The van der Waals surface area contributed by atoms with E-state index in [1.54, 1.807) is 31.3 Å². The third-order valence-corrected chi connectivity index (χ3v) is 5.08. The Morgan fingerprint density at radius 2 is 2.10 bits per heavy atom. The normalized spacial score (nSPS) is 14.8. The van der Waals surface area contributed by atoms with Crippen molar-refractivity contribution in [2.24, 2.45) is 7.05 Å². The Kier molecular flexibility index (Phi) is 2.82. The van der Waals surface area contributed by atoms with Gasteiger partial charge < -0.3 is 15.0 Å². The standard InChI is InChI=1S/C12H14N4O3S/c1-15-8-14-11(13)12(15)20(17,18)16-6-7-19-10-5-3-2-4-9(10)16/h2-5,8H,6-7,13H2,1H3. The molecule has 0 saturated carbocycles. The van der Waals surface area contributed by atoms with Gasteiger partial charge in [0.05, 0.1) is 18.6 Å². The van der Waals surface area contributed by atoms with E-state index in [1.165, 1.54) is 15.2 Å². The number of hydrogen-bond donors (Lipinski definition) is 1. The molecule has 2 aromatic rings. The predicted octanol–water partition coefficient (Wildman–Crippen LogP) is 0.590. The minimum atomic E-state index is -3.76. The molecule has 2 N–H and O–H groups in total. The third-order valence-electron chi connectivity index (χ3n) is 3.13. The Morgan fingerprint density at radius 3 is 2.80 bits per heavy atom. The maximum atomic E-state index is 12.8. The first kappa shape index (κ1) is 12.8. The van der Waals surface area contributed by atoms with Crippen molar-refractivity contribution in [3.8, 4) is 5.75 Å². The van der Waals surface area contributed by atoms with Gasteiger partial charge in [0.2, 0.25) is 0 Å². The molecule has 0 unspecified atom stereocenters. The molecular weight excluding hydrogens is 280 g/mol. The number of anilines is 2. The molecule has 1 aromatic carbocycles. The quantitative estimate of drug-likeness (QED) is 0.875. The summed E-state index contributed by atoms with van der Waals surface area (Å²) in [6, 6.07) is 7.01. The highest BCUT2D eigenvalue weighted by Crippen LogP contribution is 2.35.